The van der Waals surface area contributed by atoms with Crippen molar-refractivity contribution in [1.29, 1.82) is 0 Å². The van der Waals surface area contributed by atoms with Gasteiger partial charge >= 0.3 is 5.69 Å². The standard InChI is InChI=1S/C37H39Cl2N7O5/c1-25(26(2)47)46-36(48)45(27(3)41-46)31-7-5-29(6-8-31)43-16-18-44(19-17-43)30-9-11-32(12-10-30)49-21-33-22-50-37(51-33,23-42-15-14-40-24-42)34-13-4-28(38)20-35(34)39/h4-15,20,24-25,33H,16-19,21-23H2,1-3H3/t25?,33-,37-/m1/s1. The third kappa shape index (κ3) is 7.27. The largest absolute Gasteiger partial charge is 0.491 e. The minimum atomic E-state index is -1.11. The van der Waals surface area contributed by atoms with E-state index in [0.717, 1.165) is 49.0 Å². The lowest BCUT2D eigenvalue weighted by atomic mass is 10.1. The maximum absolute atomic E-state index is 13.0. The number of nitrogens with zero attached hydrogens (tertiary/aromatic N) is 7. The summed E-state index contributed by atoms with van der Waals surface area (Å²) in [6.07, 6.45) is 4.95. The number of imidazole rings is 1. The normalized spacial score (nSPS) is 19.7. The minimum absolute atomic E-state index is 0.114. The zero-order valence-corrected chi connectivity index (χ0v) is 30.1. The van der Waals surface area contributed by atoms with Crippen molar-refractivity contribution in [3.63, 3.8) is 0 Å². The lowest BCUT2D eigenvalue weighted by Crippen LogP contribution is -2.46. The molecule has 14 heteroatoms. The first-order chi connectivity index (χ1) is 24.6. The fourth-order valence-electron chi connectivity index (χ4n) is 6.56. The molecule has 2 aromatic heterocycles. The monoisotopic (exact) mass is 731 g/mol. The third-order valence-corrected chi connectivity index (χ3v) is 10.0. The van der Waals surface area contributed by atoms with Crippen LogP contribution in [0.5, 0.6) is 5.75 Å². The highest BCUT2D eigenvalue weighted by molar-refractivity contribution is 6.35. The highest BCUT2D eigenvalue weighted by Crippen LogP contribution is 2.40. The molecule has 0 radical (unpaired) electrons. The van der Waals surface area contributed by atoms with Crippen LogP contribution in [-0.4, -0.2) is 75.2 Å². The Kier molecular flexibility index (Phi) is 9.93. The number of carbonyl (C=O) groups excluding carboxylic acids is 1. The Morgan fingerprint density at radius 3 is 2.24 bits per heavy atom. The van der Waals surface area contributed by atoms with Crippen LogP contribution in [0.3, 0.4) is 0 Å². The highest BCUT2D eigenvalue weighted by Gasteiger charge is 2.45. The van der Waals surface area contributed by atoms with E-state index >= 15 is 0 Å². The molecule has 0 spiro atoms. The maximum atomic E-state index is 13.0. The van der Waals surface area contributed by atoms with E-state index in [0.29, 0.717) is 41.2 Å². The predicted molar refractivity (Wildman–Crippen MR) is 196 cm³/mol. The van der Waals surface area contributed by atoms with Crippen LogP contribution in [0.1, 0.15) is 31.3 Å². The van der Waals surface area contributed by atoms with Crippen LogP contribution in [0.25, 0.3) is 5.69 Å². The minimum Gasteiger partial charge on any atom is -0.491 e. The molecule has 0 aliphatic carbocycles. The molecule has 5 aromatic rings. The Bertz CT molecular complexity index is 2040. The summed E-state index contributed by atoms with van der Waals surface area (Å²) < 4.78 is 23.6. The topological polar surface area (TPSA) is 109 Å². The molecule has 2 aliphatic heterocycles. The first-order valence-corrected chi connectivity index (χ1v) is 17.6. The summed E-state index contributed by atoms with van der Waals surface area (Å²) in [7, 11) is 0. The summed E-state index contributed by atoms with van der Waals surface area (Å²) in [5, 5.41) is 5.33. The zero-order chi connectivity index (χ0) is 35.7. The summed E-state index contributed by atoms with van der Waals surface area (Å²) in [6.45, 7) is 9.34. The van der Waals surface area contributed by atoms with Gasteiger partial charge in [-0.1, -0.05) is 29.3 Å². The Balaban J connectivity index is 0.932. The summed E-state index contributed by atoms with van der Waals surface area (Å²) in [5.41, 5.74) is 3.31. The van der Waals surface area contributed by atoms with Gasteiger partial charge in [-0.2, -0.15) is 5.10 Å². The van der Waals surface area contributed by atoms with Crippen molar-refractivity contribution in [3.8, 4) is 11.4 Å². The molecule has 51 heavy (non-hydrogen) atoms. The van der Waals surface area contributed by atoms with Gasteiger partial charge in [0.1, 0.15) is 30.3 Å². The number of piperazine rings is 1. The SMILES string of the molecule is CC(=O)C(C)n1nc(C)n(-c2ccc(N3CCN(c4ccc(OC[C@@H]5CO[C@@](Cn6ccnc6)(c6ccc(Cl)cc6Cl)O5)cc4)CC3)cc2)c1=O. The van der Waals surface area contributed by atoms with E-state index in [1.807, 2.05) is 53.2 Å². The molecule has 7 rings (SSSR count). The first-order valence-electron chi connectivity index (χ1n) is 16.8. The Hall–Kier alpha value is -4.62. The number of hydrogen-bond donors (Lipinski definition) is 0. The number of ether oxygens (including phenoxy) is 3. The molecule has 12 nitrogen and oxygen atoms in total. The lowest BCUT2D eigenvalue weighted by Gasteiger charge is -2.37. The fourth-order valence-corrected chi connectivity index (χ4v) is 7.11. The van der Waals surface area contributed by atoms with Gasteiger partial charge < -0.3 is 28.6 Å². The molecule has 0 N–H and O–H groups in total. The van der Waals surface area contributed by atoms with E-state index in [1.165, 1.54) is 16.2 Å². The van der Waals surface area contributed by atoms with Gasteiger partial charge in [0.25, 0.3) is 0 Å². The number of rotatable bonds is 11. The van der Waals surface area contributed by atoms with E-state index in [9.17, 15) is 9.59 Å². The third-order valence-electron chi connectivity index (χ3n) is 9.46. The predicted octanol–water partition coefficient (Wildman–Crippen LogP) is 5.67. The summed E-state index contributed by atoms with van der Waals surface area (Å²) in [6, 6.07) is 20.7. The Labute approximate surface area is 305 Å². The lowest BCUT2D eigenvalue weighted by molar-refractivity contribution is -0.189. The van der Waals surface area contributed by atoms with Crippen LogP contribution in [0.15, 0.2) is 90.2 Å². The van der Waals surface area contributed by atoms with Crippen molar-refractivity contribution >= 4 is 40.4 Å². The van der Waals surface area contributed by atoms with Gasteiger partial charge in [0.05, 0.1) is 30.2 Å². The first kappa shape index (κ1) is 34.8. The molecule has 0 saturated carbocycles. The van der Waals surface area contributed by atoms with Crippen molar-refractivity contribution < 1.29 is 19.0 Å². The second-order valence-electron chi connectivity index (χ2n) is 12.9. The number of benzene rings is 3. The fraction of sp³-hybridized carbons (Fsp3) is 0.351. The van der Waals surface area contributed by atoms with Gasteiger partial charge in [0, 0.05) is 60.5 Å². The molecule has 3 aromatic carbocycles. The van der Waals surface area contributed by atoms with Crippen LogP contribution < -0.4 is 20.2 Å². The summed E-state index contributed by atoms with van der Waals surface area (Å²) in [5.74, 6) is 0.0590. The van der Waals surface area contributed by atoms with Crippen LogP contribution in [0.4, 0.5) is 11.4 Å². The van der Waals surface area contributed by atoms with Gasteiger partial charge in [0.2, 0.25) is 5.79 Å². The van der Waals surface area contributed by atoms with Crippen LogP contribution in [0.2, 0.25) is 10.0 Å². The van der Waals surface area contributed by atoms with Crippen molar-refractivity contribution in [3.05, 3.63) is 117 Å². The van der Waals surface area contributed by atoms with Crippen molar-refractivity contribution in [2.75, 3.05) is 49.2 Å². The van der Waals surface area contributed by atoms with E-state index < -0.39 is 11.8 Å². The van der Waals surface area contributed by atoms with E-state index in [1.54, 1.807) is 38.5 Å². The molecule has 2 fully saturated rings. The van der Waals surface area contributed by atoms with Gasteiger partial charge in [0.15, 0.2) is 5.78 Å². The highest BCUT2D eigenvalue weighted by atomic mass is 35.5. The zero-order valence-electron chi connectivity index (χ0n) is 28.6. The second-order valence-corrected chi connectivity index (χ2v) is 13.7. The quantitative estimate of drug-likeness (QED) is 0.170. The van der Waals surface area contributed by atoms with Crippen molar-refractivity contribution in [1.82, 2.24) is 23.9 Å². The molecule has 0 bridgehead atoms. The Morgan fingerprint density at radius 2 is 1.63 bits per heavy atom. The maximum Gasteiger partial charge on any atom is 0.351 e. The van der Waals surface area contributed by atoms with Crippen molar-refractivity contribution in [2.45, 2.75) is 45.2 Å². The number of carbonyl (C=O) groups is 1. The molecular formula is C37H39Cl2N7O5. The second kappa shape index (κ2) is 14.5. The van der Waals surface area contributed by atoms with Crippen LogP contribution in [-0.2, 0) is 26.6 Å². The number of aryl methyl sites for hydroxylation is 1. The van der Waals surface area contributed by atoms with Crippen LogP contribution >= 0.6 is 23.2 Å². The molecular weight excluding hydrogens is 693 g/mol. The molecule has 3 atom stereocenters. The van der Waals surface area contributed by atoms with E-state index in [-0.39, 0.29) is 17.6 Å². The number of ketones is 1. The van der Waals surface area contributed by atoms with Gasteiger partial charge in [-0.05, 0) is 81.4 Å². The molecule has 4 heterocycles. The van der Waals surface area contributed by atoms with Gasteiger partial charge in [-0.15, -0.1) is 0 Å². The van der Waals surface area contributed by atoms with Gasteiger partial charge in [-0.3, -0.25) is 4.79 Å². The van der Waals surface area contributed by atoms with E-state index in [2.05, 4.69) is 32.0 Å². The van der Waals surface area contributed by atoms with Crippen molar-refractivity contribution in [2.24, 2.45) is 0 Å². The number of Topliss-reactive ketones (excluding diaryl/α,β-unsaturated/α-hetero) is 1. The molecule has 2 aliphatic rings. The molecule has 0 amide bonds. The van der Waals surface area contributed by atoms with Crippen LogP contribution in [0, 0.1) is 6.92 Å². The summed E-state index contributed by atoms with van der Waals surface area (Å²) >= 11 is 12.8. The average Bonchev–Trinajstić information content (AvgIpc) is 3.87. The number of halogens is 2. The van der Waals surface area contributed by atoms with E-state index in [4.69, 9.17) is 37.4 Å². The molecule has 2 saturated heterocycles. The number of anilines is 2. The molecule has 1 unspecified atom stereocenters. The number of aromatic nitrogens is 5. The Morgan fingerprint density at radius 1 is 0.980 bits per heavy atom. The average molecular weight is 733 g/mol. The smallest absolute Gasteiger partial charge is 0.351 e. The van der Waals surface area contributed by atoms with Gasteiger partial charge in [-0.25, -0.2) is 19.0 Å². The number of hydrogen-bond acceptors (Lipinski definition) is 9. The molecule has 266 valence electrons. The summed E-state index contributed by atoms with van der Waals surface area (Å²) in [4.78, 5) is 33.7.